The van der Waals surface area contributed by atoms with E-state index in [-0.39, 0.29) is 0 Å². The van der Waals surface area contributed by atoms with Crippen molar-refractivity contribution < 1.29 is 4.42 Å². The Bertz CT molecular complexity index is 569. The molecule has 0 spiro atoms. The second-order valence-corrected chi connectivity index (χ2v) is 6.30. The van der Waals surface area contributed by atoms with Gasteiger partial charge in [0.15, 0.2) is 11.7 Å². The maximum atomic E-state index is 6.25. The first kappa shape index (κ1) is 15.5. The lowest BCUT2D eigenvalue weighted by Crippen LogP contribution is -2.22. The zero-order valence-electron chi connectivity index (χ0n) is 11.6. The average Bonchev–Trinajstić information content (AvgIpc) is 2.86. The summed E-state index contributed by atoms with van der Waals surface area (Å²) < 4.78 is 6.61. The fourth-order valence-corrected chi connectivity index (χ4v) is 2.42. The third kappa shape index (κ3) is 4.08. The Hall–Kier alpha value is -0.840. The summed E-state index contributed by atoms with van der Waals surface area (Å²) in [7, 11) is 0. The summed E-state index contributed by atoms with van der Waals surface area (Å²) in [6, 6.07) is 5.75. The van der Waals surface area contributed by atoms with Gasteiger partial charge in [-0.25, -0.2) is 4.98 Å². The molecule has 0 unspecified atom stereocenters. The van der Waals surface area contributed by atoms with Gasteiger partial charge in [0.1, 0.15) is 0 Å². The van der Waals surface area contributed by atoms with Gasteiger partial charge in [0, 0.05) is 23.0 Å². The zero-order chi connectivity index (χ0) is 14.5. The van der Waals surface area contributed by atoms with Crippen LogP contribution in [-0.4, -0.2) is 18.1 Å². The lowest BCUT2D eigenvalue weighted by atomic mass is 10.2. The minimum Gasteiger partial charge on any atom is -0.441 e. The second kappa shape index (κ2) is 7.25. The topological polar surface area (TPSA) is 38.1 Å². The molecule has 0 amide bonds. The van der Waals surface area contributed by atoms with E-state index in [4.69, 9.17) is 16.0 Å². The standard InChI is InChI=1S/C15H18BrClN2O/c1-10(2)8-18-7-6-14-19-9-13(20-14)11-4-3-5-12(16)15(11)17/h3-5,9-10,18H,6-8H2,1-2H3. The largest absolute Gasteiger partial charge is 0.441 e. The summed E-state index contributed by atoms with van der Waals surface area (Å²) in [5.41, 5.74) is 0.856. The molecule has 0 atom stereocenters. The van der Waals surface area contributed by atoms with Crippen molar-refractivity contribution in [2.75, 3.05) is 13.1 Å². The number of nitrogens with zero attached hydrogens (tertiary/aromatic N) is 1. The van der Waals surface area contributed by atoms with Crippen molar-refractivity contribution in [1.82, 2.24) is 10.3 Å². The van der Waals surface area contributed by atoms with Gasteiger partial charge in [-0.3, -0.25) is 0 Å². The van der Waals surface area contributed by atoms with Crippen molar-refractivity contribution in [3.63, 3.8) is 0 Å². The summed E-state index contributed by atoms with van der Waals surface area (Å²) in [5, 5.41) is 4.02. The molecule has 1 heterocycles. The molecule has 1 N–H and O–H groups in total. The monoisotopic (exact) mass is 356 g/mol. The van der Waals surface area contributed by atoms with Crippen LogP contribution in [-0.2, 0) is 6.42 Å². The summed E-state index contributed by atoms with van der Waals surface area (Å²) >= 11 is 9.66. The van der Waals surface area contributed by atoms with Crippen molar-refractivity contribution in [3.05, 3.63) is 39.8 Å². The highest BCUT2D eigenvalue weighted by atomic mass is 79.9. The molecule has 3 nitrogen and oxygen atoms in total. The molecule has 1 aromatic heterocycles. The fourth-order valence-electron chi connectivity index (χ4n) is 1.83. The molecule has 0 aliphatic rings. The molecule has 0 saturated heterocycles. The van der Waals surface area contributed by atoms with Gasteiger partial charge >= 0.3 is 0 Å². The number of halogens is 2. The van der Waals surface area contributed by atoms with Crippen molar-refractivity contribution in [1.29, 1.82) is 0 Å². The van der Waals surface area contributed by atoms with E-state index >= 15 is 0 Å². The van der Waals surface area contributed by atoms with E-state index in [1.165, 1.54) is 0 Å². The molecule has 0 aliphatic heterocycles. The molecule has 1 aromatic carbocycles. The highest BCUT2D eigenvalue weighted by Gasteiger charge is 2.11. The lowest BCUT2D eigenvalue weighted by molar-refractivity contribution is 0.483. The van der Waals surface area contributed by atoms with E-state index < -0.39 is 0 Å². The summed E-state index contributed by atoms with van der Waals surface area (Å²) in [4.78, 5) is 4.30. The molecule has 2 rings (SSSR count). The van der Waals surface area contributed by atoms with Crippen LogP contribution >= 0.6 is 27.5 Å². The van der Waals surface area contributed by atoms with Crippen LogP contribution in [0.15, 0.2) is 33.3 Å². The van der Waals surface area contributed by atoms with Crippen LogP contribution in [0.5, 0.6) is 0 Å². The second-order valence-electron chi connectivity index (χ2n) is 5.07. The molecular formula is C15H18BrClN2O. The third-order valence-corrected chi connectivity index (χ3v) is 4.14. The van der Waals surface area contributed by atoms with E-state index in [0.29, 0.717) is 16.7 Å². The molecule has 0 radical (unpaired) electrons. The highest BCUT2D eigenvalue weighted by Crippen LogP contribution is 2.33. The number of aromatic nitrogens is 1. The summed E-state index contributed by atoms with van der Waals surface area (Å²) in [6.07, 6.45) is 2.50. The average molecular weight is 358 g/mol. The van der Waals surface area contributed by atoms with E-state index in [1.54, 1.807) is 6.20 Å². The van der Waals surface area contributed by atoms with Crippen LogP contribution in [0.25, 0.3) is 11.3 Å². The first-order valence-electron chi connectivity index (χ1n) is 6.67. The van der Waals surface area contributed by atoms with E-state index in [9.17, 15) is 0 Å². The first-order valence-corrected chi connectivity index (χ1v) is 7.85. The Kier molecular flexibility index (Phi) is 5.64. The fraction of sp³-hybridized carbons (Fsp3) is 0.400. The van der Waals surface area contributed by atoms with Gasteiger partial charge in [0.25, 0.3) is 0 Å². The number of hydrogen-bond acceptors (Lipinski definition) is 3. The van der Waals surface area contributed by atoms with Gasteiger partial charge in [-0.15, -0.1) is 0 Å². The van der Waals surface area contributed by atoms with Gasteiger partial charge < -0.3 is 9.73 Å². The van der Waals surface area contributed by atoms with Crippen molar-refractivity contribution in [3.8, 4) is 11.3 Å². The third-order valence-electron chi connectivity index (χ3n) is 2.84. The van der Waals surface area contributed by atoms with E-state index in [0.717, 1.165) is 35.4 Å². The lowest BCUT2D eigenvalue weighted by Gasteiger charge is -2.05. The zero-order valence-corrected chi connectivity index (χ0v) is 14.0. The molecule has 108 valence electrons. The maximum absolute atomic E-state index is 6.25. The van der Waals surface area contributed by atoms with Crippen molar-refractivity contribution in [2.45, 2.75) is 20.3 Å². The number of rotatable bonds is 6. The van der Waals surface area contributed by atoms with Gasteiger partial charge in [-0.1, -0.05) is 31.5 Å². The van der Waals surface area contributed by atoms with Crippen molar-refractivity contribution >= 4 is 27.5 Å². The Labute approximate surface area is 132 Å². The summed E-state index contributed by atoms with van der Waals surface area (Å²) in [6.45, 7) is 6.24. The Morgan fingerprint density at radius 1 is 1.40 bits per heavy atom. The van der Waals surface area contributed by atoms with E-state index in [2.05, 4.69) is 40.1 Å². The highest BCUT2D eigenvalue weighted by molar-refractivity contribution is 9.10. The first-order chi connectivity index (χ1) is 9.58. The van der Waals surface area contributed by atoms with Gasteiger partial charge in [-0.2, -0.15) is 0 Å². The quantitative estimate of drug-likeness (QED) is 0.771. The minimum absolute atomic E-state index is 0.646. The van der Waals surface area contributed by atoms with Crippen LogP contribution in [0, 0.1) is 5.92 Å². The maximum Gasteiger partial charge on any atom is 0.196 e. The van der Waals surface area contributed by atoms with Gasteiger partial charge in [-0.05, 0) is 40.5 Å². The number of benzene rings is 1. The Morgan fingerprint density at radius 2 is 2.20 bits per heavy atom. The molecule has 5 heteroatoms. The van der Waals surface area contributed by atoms with Crippen molar-refractivity contribution in [2.24, 2.45) is 5.92 Å². The molecular weight excluding hydrogens is 340 g/mol. The Balaban J connectivity index is 2.00. The molecule has 0 fully saturated rings. The van der Waals surface area contributed by atoms with Crippen LogP contribution in [0.2, 0.25) is 5.02 Å². The molecule has 0 aliphatic carbocycles. The summed E-state index contributed by atoms with van der Waals surface area (Å²) in [5.74, 6) is 2.08. The normalized spacial score (nSPS) is 11.2. The molecule has 20 heavy (non-hydrogen) atoms. The van der Waals surface area contributed by atoms with Gasteiger partial charge in [0.05, 0.1) is 11.2 Å². The number of hydrogen-bond donors (Lipinski definition) is 1. The predicted molar refractivity (Wildman–Crippen MR) is 86.1 cm³/mol. The minimum atomic E-state index is 0.646. The number of oxazole rings is 1. The molecule has 0 bridgehead atoms. The van der Waals surface area contributed by atoms with Crippen LogP contribution < -0.4 is 5.32 Å². The van der Waals surface area contributed by atoms with Gasteiger partial charge in [0.2, 0.25) is 0 Å². The van der Waals surface area contributed by atoms with Crippen LogP contribution in [0.4, 0.5) is 0 Å². The van der Waals surface area contributed by atoms with E-state index in [1.807, 2.05) is 18.2 Å². The number of nitrogens with one attached hydrogen (secondary N) is 1. The predicted octanol–water partition coefficient (Wildman–Crippen LogP) is 4.55. The molecule has 2 aromatic rings. The smallest absolute Gasteiger partial charge is 0.196 e. The molecule has 0 saturated carbocycles. The van der Waals surface area contributed by atoms with Crippen LogP contribution in [0.1, 0.15) is 19.7 Å². The Morgan fingerprint density at radius 3 is 2.95 bits per heavy atom. The SMILES string of the molecule is CC(C)CNCCc1ncc(-c2cccc(Br)c2Cl)o1. The van der Waals surface area contributed by atoms with Crippen LogP contribution in [0.3, 0.4) is 0 Å².